The molecule has 1 unspecified atom stereocenters. The molecular formula is C28H20BrN5O3S2. The first-order chi connectivity index (χ1) is 18.9. The number of aryl methyl sites for hydroxylation is 1. The molecule has 1 aliphatic heterocycles. The van der Waals surface area contributed by atoms with Crippen LogP contribution in [-0.4, -0.2) is 36.4 Å². The van der Waals surface area contributed by atoms with Crippen LogP contribution in [0.25, 0.3) is 11.4 Å². The molecule has 0 radical (unpaired) electrons. The SMILES string of the molecule is Cc1nc2ccccn2c1C(O)=C1C(=O)C(=O)N(c2nnc(SCc3ccccc3)s2)C1c1cccc(Br)c1. The van der Waals surface area contributed by atoms with E-state index in [-0.39, 0.29) is 16.5 Å². The molecule has 0 aliphatic carbocycles. The number of fused-ring (bicyclic) bond motifs is 1. The van der Waals surface area contributed by atoms with Crippen LogP contribution in [0.5, 0.6) is 0 Å². The summed E-state index contributed by atoms with van der Waals surface area (Å²) in [5.41, 5.74) is 3.27. The van der Waals surface area contributed by atoms with Gasteiger partial charge in [-0.15, -0.1) is 10.2 Å². The van der Waals surface area contributed by atoms with Crippen LogP contribution in [0.15, 0.2) is 93.4 Å². The minimum Gasteiger partial charge on any atom is -0.505 e. The third-order valence-corrected chi connectivity index (χ3v) is 8.96. The van der Waals surface area contributed by atoms with Crippen molar-refractivity contribution in [2.45, 2.75) is 23.1 Å². The first kappa shape index (κ1) is 25.5. The van der Waals surface area contributed by atoms with Crippen LogP contribution >= 0.6 is 39.0 Å². The summed E-state index contributed by atoms with van der Waals surface area (Å²) in [5, 5.41) is 20.5. The van der Waals surface area contributed by atoms with Gasteiger partial charge in [0.25, 0.3) is 5.78 Å². The van der Waals surface area contributed by atoms with Crippen molar-refractivity contribution in [3.63, 3.8) is 0 Å². The highest BCUT2D eigenvalue weighted by atomic mass is 79.9. The largest absolute Gasteiger partial charge is 0.505 e. The molecule has 0 bridgehead atoms. The summed E-state index contributed by atoms with van der Waals surface area (Å²) >= 11 is 6.23. The van der Waals surface area contributed by atoms with E-state index in [1.807, 2.05) is 72.8 Å². The Morgan fingerprint density at radius 1 is 1.05 bits per heavy atom. The summed E-state index contributed by atoms with van der Waals surface area (Å²) in [6.07, 6.45) is 1.76. The Bertz CT molecular complexity index is 1770. The summed E-state index contributed by atoms with van der Waals surface area (Å²) in [5.74, 6) is -1.17. The summed E-state index contributed by atoms with van der Waals surface area (Å²) in [4.78, 5) is 32.9. The van der Waals surface area contributed by atoms with E-state index < -0.39 is 17.7 Å². The van der Waals surface area contributed by atoms with Crippen molar-refractivity contribution in [1.82, 2.24) is 19.6 Å². The number of hydrogen-bond donors (Lipinski definition) is 1. The number of benzene rings is 2. The van der Waals surface area contributed by atoms with Gasteiger partial charge in [-0.1, -0.05) is 87.6 Å². The smallest absolute Gasteiger partial charge is 0.301 e. The van der Waals surface area contributed by atoms with Gasteiger partial charge in [0.2, 0.25) is 5.13 Å². The molecule has 6 rings (SSSR count). The Labute approximate surface area is 240 Å². The van der Waals surface area contributed by atoms with Gasteiger partial charge in [0.1, 0.15) is 11.3 Å². The van der Waals surface area contributed by atoms with Gasteiger partial charge in [-0.25, -0.2) is 4.98 Å². The average Bonchev–Trinajstić information content (AvgIpc) is 3.61. The van der Waals surface area contributed by atoms with Gasteiger partial charge in [0.05, 0.1) is 17.3 Å². The van der Waals surface area contributed by atoms with Crippen molar-refractivity contribution < 1.29 is 14.7 Å². The molecule has 2 aromatic carbocycles. The highest BCUT2D eigenvalue weighted by Crippen LogP contribution is 2.44. The van der Waals surface area contributed by atoms with Crippen LogP contribution in [0.2, 0.25) is 0 Å². The van der Waals surface area contributed by atoms with E-state index >= 15 is 0 Å². The number of aliphatic hydroxyl groups is 1. The van der Waals surface area contributed by atoms with Gasteiger partial charge < -0.3 is 5.11 Å². The third-order valence-electron chi connectivity index (χ3n) is 6.34. The second-order valence-corrected chi connectivity index (χ2v) is 11.9. The number of amides is 1. The van der Waals surface area contributed by atoms with Crippen molar-refractivity contribution in [3.05, 3.63) is 112 Å². The minimum atomic E-state index is -0.906. The average molecular weight is 619 g/mol. The lowest BCUT2D eigenvalue weighted by Gasteiger charge is -2.22. The lowest BCUT2D eigenvalue weighted by atomic mass is 9.96. The molecule has 8 nitrogen and oxygen atoms in total. The topological polar surface area (TPSA) is 101 Å². The van der Waals surface area contributed by atoms with E-state index in [0.717, 1.165) is 10.0 Å². The minimum absolute atomic E-state index is 0.0273. The summed E-state index contributed by atoms with van der Waals surface area (Å²) in [6.45, 7) is 1.76. The maximum atomic E-state index is 13.6. The molecule has 1 N–H and O–H groups in total. The van der Waals surface area contributed by atoms with Gasteiger partial charge in [-0.05, 0) is 42.3 Å². The molecule has 5 aromatic rings. The number of halogens is 1. The zero-order valence-electron chi connectivity index (χ0n) is 20.5. The van der Waals surface area contributed by atoms with Crippen molar-refractivity contribution in [2.75, 3.05) is 4.90 Å². The number of thioether (sulfide) groups is 1. The molecule has 1 amide bonds. The lowest BCUT2D eigenvalue weighted by Crippen LogP contribution is -2.29. The number of nitrogens with zero attached hydrogens (tertiary/aromatic N) is 5. The van der Waals surface area contributed by atoms with E-state index in [4.69, 9.17) is 0 Å². The molecule has 0 spiro atoms. The Morgan fingerprint density at radius 2 is 1.85 bits per heavy atom. The predicted molar refractivity (Wildman–Crippen MR) is 155 cm³/mol. The van der Waals surface area contributed by atoms with Crippen LogP contribution < -0.4 is 4.90 Å². The predicted octanol–water partition coefficient (Wildman–Crippen LogP) is 6.18. The fourth-order valence-corrected chi connectivity index (χ4v) is 6.87. The number of aliphatic hydroxyl groups excluding tert-OH is 1. The van der Waals surface area contributed by atoms with Crippen molar-refractivity contribution in [2.24, 2.45) is 0 Å². The monoisotopic (exact) mass is 617 g/mol. The first-order valence-corrected chi connectivity index (χ1v) is 14.5. The fraction of sp³-hybridized carbons (Fsp3) is 0.107. The number of Topliss-reactive ketones (excluding diaryl/α,β-unsaturated/α-hetero) is 1. The van der Waals surface area contributed by atoms with Crippen LogP contribution in [0.3, 0.4) is 0 Å². The van der Waals surface area contributed by atoms with E-state index in [9.17, 15) is 14.7 Å². The normalized spacial score (nSPS) is 16.9. The molecule has 4 heterocycles. The summed E-state index contributed by atoms with van der Waals surface area (Å²) in [6, 6.07) is 21.8. The number of imidazole rings is 1. The Balaban J connectivity index is 1.46. The number of pyridine rings is 1. The van der Waals surface area contributed by atoms with E-state index in [0.29, 0.717) is 32.7 Å². The van der Waals surface area contributed by atoms with Gasteiger partial charge >= 0.3 is 5.91 Å². The highest BCUT2D eigenvalue weighted by molar-refractivity contribution is 9.10. The molecule has 1 atom stereocenters. The molecular weight excluding hydrogens is 598 g/mol. The lowest BCUT2D eigenvalue weighted by molar-refractivity contribution is -0.132. The number of hydrogen-bond acceptors (Lipinski definition) is 8. The van der Waals surface area contributed by atoms with Crippen LogP contribution in [0.4, 0.5) is 5.13 Å². The quantitative estimate of drug-likeness (QED) is 0.0798. The van der Waals surface area contributed by atoms with Gasteiger partial charge in [0, 0.05) is 16.4 Å². The maximum absolute atomic E-state index is 13.6. The third kappa shape index (κ3) is 4.66. The summed E-state index contributed by atoms with van der Waals surface area (Å²) in [7, 11) is 0. The van der Waals surface area contributed by atoms with E-state index in [1.54, 1.807) is 17.5 Å². The molecule has 3 aromatic heterocycles. The van der Waals surface area contributed by atoms with Crippen LogP contribution in [-0.2, 0) is 15.3 Å². The Kier molecular flexibility index (Phi) is 6.79. The first-order valence-electron chi connectivity index (χ1n) is 11.9. The van der Waals surface area contributed by atoms with Gasteiger partial charge in [0.15, 0.2) is 10.1 Å². The highest BCUT2D eigenvalue weighted by Gasteiger charge is 2.49. The number of carbonyl (C=O) groups is 2. The number of rotatable bonds is 6. The molecule has 1 saturated heterocycles. The van der Waals surface area contributed by atoms with E-state index in [1.165, 1.54) is 28.0 Å². The van der Waals surface area contributed by atoms with Crippen molar-refractivity contribution in [3.8, 4) is 0 Å². The molecule has 1 fully saturated rings. The molecule has 11 heteroatoms. The standard InChI is InChI=1S/C28H20BrN5O3S2/c1-16-22(33-13-6-5-12-20(33)30-16)24(35)21-23(18-10-7-11-19(29)14-18)34(26(37)25(21)36)27-31-32-28(39-27)38-15-17-8-3-2-4-9-17/h2-14,23,35H,15H2,1H3. The molecule has 0 saturated carbocycles. The molecule has 39 heavy (non-hydrogen) atoms. The second-order valence-electron chi connectivity index (χ2n) is 8.82. The zero-order chi connectivity index (χ0) is 27.1. The fourth-order valence-electron chi connectivity index (χ4n) is 4.63. The molecule has 1 aliphatic rings. The number of ketones is 1. The summed E-state index contributed by atoms with van der Waals surface area (Å²) < 4.78 is 3.15. The Morgan fingerprint density at radius 3 is 2.64 bits per heavy atom. The number of anilines is 1. The van der Waals surface area contributed by atoms with Crippen LogP contribution in [0, 0.1) is 6.92 Å². The van der Waals surface area contributed by atoms with Gasteiger partial charge in [-0.3, -0.25) is 18.9 Å². The Hall–Kier alpha value is -3.80. The van der Waals surface area contributed by atoms with Gasteiger partial charge in [-0.2, -0.15) is 0 Å². The maximum Gasteiger partial charge on any atom is 0.301 e. The van der Waals surface area contributed by atoms with Crippen LogP contribution in [0.1, 0.15) is 28.6 Å². The second kappa shape index (κ2) is 10.4. The molecule has 194 valence electrons. The van der Waals surface area contributed by atoms with E-state index in [2.05, 4.69) is 31.1 Å². The number of carbonyl (C=O) groups excluding carboxylic acids is 2. The van der Waals surface area contributed by atoms with Crippen molar-refractivity contribution in [1.29, 1.82) is 0 Å². The number of aromatic nitrogens is 4. The zero-order valence-corrected chi connectivity index (χ0v) is 23.7. The van der Waals surface area contributed by atoms with Crippen molar-refractivity contribution >= 4 is 67.3 Å².